The summed E-state index contributed by atoms with van der Waals surface area (Å²) in [6, 6.07) is 9.35. The Labute approximate surface area is 72.3 Å². The van der Waals surface area contributed by atoms with E-state index in [1.54, 1.807) is 0 Å². The molecule has 0 aliphatic carbocycles. The van der Waals surface area contributed by atoms with Gasteiger partial charge in [-0.2, -0.15) is 0 Å². The summed E-state index contributed by atoms with van der Waals surface area (Å²) in [5.74, 6) is -1.16. The highest BCUT2D eigenvalue weighted by Gasteiger charge is 2.20. The van der Waals surface area contributed by atoms with Crippen LogP contribution in [0.4, 0.5) is 0 Å². The molecule has 0 spiro atoms. The molecule has 0 atom stereocenters. The van der Waals surface area contributed by atoms with Crippen LogP contribution in [0, 0.1) is 0 Å². The van der Waals surface area contributed by atoms with E-state index in [1.165, 1.54) is 0 Å². The summed E-state index contributed by atoms with van der Waals surface area (Å²) >= 11 is 0. The predicted octanol–water partition coefficient (Wildman–Crippen LogP) is 0.751. The van der Waals surface area contributed by atoms with E-state index >= 15 is 0 Å². The van der Waals surface area contributed by atoms with Gasteiger partial charge in [-0.25, -0.2) is 0 Å². The fourth-order valence-electron chi connectivity index (χ4n) is 1.02. The van der Waals surface area contributed by atoms with Gasteiger partial charge in [0.2, 0.25) is 0 Å². The molecule has 0 aromatic heterocycles. The van der Waals surface area contributed by atoms with E-state index in [-0.39, 0.29) is 0 Å². The molecule has 0 bridgehead atoms. The van der Waals surface area contributed by atoms with Gasteiger partial charge in [-0.05, 0) is 6.92 Å². The second kappa shape index (κ2) is 3.67. The number of nitrogens with two attached hydrogens (primary N) is 2. The molecule has 0 amide bonds. The van der Waals surface area contributed by atoms with E-state index in [0.717, 1.165) is 5.56 Å². The summed E-state index contributed by atoms with van der Waals surface area (Å²) in [5, 5.41) is 0. The lowest BCUT2D eigenvalue weighted by molar-refractivity contribution is -0.0348. The Hall–Kier alpha value is -0.900. The summed E-state index contributed by atoms with van der Waals surface area (Å²) in [7, 11) is 0. The van der Waals surface area contributed by atoms with Crippen LogP contribution in [-0.4, -0.2) is 6.61 Å². The molecule has 0 aliphatic heterocycles. The fraction of sp³-hybridized carbons (Fsp3) is 0.333. The van der Waals surface area contributed by atoms with Gasteiger partial charge in [-0.1, -0.05) is 30.3 Å². The van der Waals surface area contributed by atoms with Gasteiger partial charge >= 0.3 is 0 Å². The Morgan fingerprint density at radius 2 is 1.83 bits per heavy atom. The second-order valence-corrected chi connectivity index (χ2v) is 2.59. The summed E-state index contributed by atoms with van der Waals surface area (Å²) in [5.41, 5.74) is 12.2. The molecule has 12 heavy (non-hydrogen) atoms. The Bertz CT molecular complexity index is 234. The van der Waals surface area contributed by atoms with Crippen molar-refractivity contribution in [2.24, 2.45) is 11.5 Å². The first kappa shape index (κ1) is 9.19. The zero-order valence-electron chi connectivity index (χ0n) is 7.16. The molecule has 0 radical (unpaired) electrons. The molecule has 0 aliphatic rings. The van der Waals surface area contributed by atoms with E-state index in [4.69, 9.17) is 16.2 Å². The SMILES string of the molecule is CCOC(N)(N)c1ccccc1. The maximum atomic E-state index is 5.70. The highest BCUT2D eigenvalue weighted by Crippen LogP contribution is 2.12. The number of hydrogen-bond donors (Lipinski definition) is 2. The predicted molar refractivity (Wildman–Crippen MR) is 48.1 cm³/mol. The van der Waals surface area contributed by atoms with Crippen LogP contribution in [0.5, 0.6) is 0 Å². The molecule has 3 nitrogen and oxygen atoms in total. The lowest BCUT2D eigenvalue weighted by Crippen LogP contribution is -2.48. The minimum Gasteiger partial charge on any atom is -0.344 e. The van der Waals surface area contributed by atoms with Crippen molar-refractivity contribution in [3.63, 3.8) is 0 Å². The molecule has 3 heteroatoms. The Morgan fingerprint density at radius 3 is 2.33 bits per heavy atom. The Balaban J connectivity index is 2.82. The quantitative estimate of drug-likeness (QED) is 0.651. The summed E-state index contributed by atoms with van der Waals surface area (Å²) < 4.78 is 5.17. The molecule has 1 aromatic rings. The average molecular weight is 166 g/mol. The molecule has 0 unspecified atom stereocenters. The van der Waals surface area contributed by atoms with Crippen LogP contribution in [0.3, 0.4) is 0 Å². The highest BCUT2D eigenvalue weighted by atomic mass is 16.5. The van der Waals surface area contributed by atoms with Crippen LogP contribution in [0.25, 0.3) is 0 Å². The Kier molecular flexibility index (Phi) is 2.81. The number of ether oxygens (including phenoxy) is 1. The van der Waals surface area contributed by atoms with Gasteiger partial charge in [0.15, 0.2) is 5.85 Å². The monoisotopic (exact) mass is 166 g/mol. The lowest BCUT2D eigenvalue weighted by atomic mass is 10.1. The second-order valence-electron chi connectivity index (χ2n) is 2.59. The van der Waals surface area contributed by atoms with E-state index in [9.17, 15) is 0 Å². The van der Waals surface area contributed by atoms with E-state index in [2.05, 4.69) is 0 Å². The third-order valence-electron chi connectivity index (χ3n) is 1.61. The summed E-state index contributed by atoms with van der Waals surface area (Å²) in [6.45, 7) is 2.36. The molecule has 66 valence electrons. The largest absolute Gasteiger partial charge is 0.344 e. The first-order chi connectivity index (χ1) is 5.67. The summed E-state index contributed by atoms with van der Waals surface area (Å²) in [6.07, 6.45) is 0. The molecule has 0 saturated heterocycles. The number of rotatable bonds is 3. The minimum absolute atomic E-state index is 0.502. The molecular weight excluding hydrogens is 152 g/mol. The van der Waals surface area contributed by atoms with Crippen LogP contribution in [-0.2, 0) is 10.6 Å². The van der Waals surface area contributed by atoms with Gasteiger partial charge in [-0.15, -0.1) is 0 Å². The molecule has 0 saturated carbocycles. The van der Waals surface area contributed by atoms with Gasteiger partial charge < -0.3 is 4.74 Å². The van der Waals surface area contributed by atoms with E-state index in [1.807, 2.05) is 37.3 Å². The standard InChI is InChI=1S/C9H14N2O/c1-2-12-9(10,11)8-6-4-3-5-7-8/h3-7H,2,10-11H2,1H3. The van der Waals surface area contributed by atoms with Crippen LogP contribution in [0.1, 0.15) is 12.5 Å². The summed E-state index contributed by atoms with van der Waals surface area (Å²) in [4.78, 5) is 0. The molecule has 1 rings (SSSR count). The molecule has 0 heterocycles. The van der Waals surface area contributed by atoms with Crippen molar-refractivity contribution in [1.29, 1.82) is 0 Å². The van der Waals surface area contributed by atoms with Crippen LogP contribution in [0.15, 0.2) is 30.3 Å². The number of benzene rings is 1. The third-order valence-corrected chi connectivity index (χ3v) is 1.61. The number of hydrogen-bond acceptors (Lipinski definition) is 3. The smallest absolute Gasteiger partial charge is 0.196 e. The van der Waals surface area contributed by atoms with Crippen LogP contribution in [0.2, 0.25) is 0 Å². The van der Waals surface area contributed by atoms with Crippen molar-refractivity contribution in [1.82, 2.24) is 0 Å². The van der Waals surface area contributed by atoms with Crippen molar-refractivity contribution in [3.8, 4) is 0 Å². The van der Waals surface area contributed by atoms with Crippen LogP contribution >= 0.6 is 0 Å². The molecular formula is C9H14N2O. The van der Waals surface area contributed by atoms with Gasteiger partial charge in [0.05, 0.1) is 0 Å². The first-order valence-electron chi connectivity index (χ1n) is 3.94. The van der Waals surface area contributed by atoms with E-state index < -0.39 is 5.85 Å². The van der Waals surface area contributed by atoms with E-state index in [0.29, 0.717) is 6.61 Å². The van der Waals surface area contributed by atoms with Crippen LogP contribution < -0.4 is 11.5 Å². The maximum Gasteiger partial charge on any atom is 0.196 e. The van der Waals surface area contributed by atoms with Gasteiger partial charge in [0.1, 0.15) is 0 Å². The molecule has 0 fully saturated rings. The zero-order chi connectivity index (χ0) is 9.03. The lowest BCUT2D eigenvalue weighted by Gasteiger charge is -2.24. The highest BCUT2D eigenvalue weighted by molar-refractivity contribution is 5.19. The normalized spacial score (nSPS) is 11.6. The molecule has 1 aromatic carbocycles. The maximum absolute atomic E-state index is 5.70. The average Bonchev–Trinajstić information content (AvgIpc) is 2.06. The molecule has 4 N–H and O–H groups in total. The topological polar surface area (TPSA) is 61.3 Å². The Morgan fingerprint density at radius 1 is 1.25 bits per heavy atom. The van der Waals surface area contributed by atoms with Crippen molar-refractivity contribution in [2.45, 2.75) is 12.8 Å². The van der Waals surface area contributed by atoms with Gasteiger partial charge in [0, 0.05) is 12.2 Å². The zero-order valence-corrected chi connectivity index (χ0v) is 7.16. The van der Waals surface area contributed by atoms with Crippen molar-refractivity contribution in [2.75, 3.05) is 6.61 Å². The van der Waals surface area contributed by atoms with Crippen molar-refractivity contribution < 1.29 is 4.74 Å². The van der Waals surface area contributed by atoms with Crippen molar-refractivity contribution >= 4 is 0 Å². The van der Waals surface area contributed by atoms with Crippen molar-refractivity contribution in [3.05, 3.63) is 35.9 Å². The van der Waals surface area contributed by atoms with Gasteiger partial charge in [0.25, 0.3) is 0 Å². The van der Waals surface area contributed by atoms with Gasteiger partial charge in [-0.3, -0.25) is 11.5 Å². The minimum atomic E-state index is -1.16. The fourth-order valence-corrected chi connectivity index (χ4v) is 1.02. The first-order valence-corrected chi connectivity index (χ1v) is 3.94. The third kappa shape index (κ3) is 2.04.